The minimum absolute atomic E-state index is 0.137. The number of benzene rings is 1. The maximum absolute atomic E-state index is 11.3. The third-order valence-electron chi connectivity index (χ3n) is 2.89. The highest BCUT2D eigenvalue weighted by atomic mass is 16.6. The van der Waals surface area contributed by atoms with Crippen LogP contribution in [0.4, 0.5) is 0 Å². The van der Waals surface area contributed by atoms with Crippen molar-refractivity contribution in [1.29, 1.82) is 0 Å². The van der Waals surface area contributed by atoms with Crippen LogP contribution in [-0.4, -0.2) is 5.91 Å². The van der Waals surface area contributed by atoms with E-state index in [4.69, 9.17) is 14.6 Å². The first-order valence-electron chi connectivity index (χ1n) is 4.76. The first kappa shape index (κ1) is 10.5. The molecule has 1 heterocycles. The summed E-state index contributed by atoms with van der Waals surface area (Å²) >= 11 is 0. The van der Waals surface area contributed by atoms with Gasteiger partial charge >= 0.3 is 5.82 Å². The molecular weight excluding hydrogens is 210 g/mol. The van der Waals surface area contributed by atoms with Crippen molar-refractivity contribution < 1.29 is 13.6 Å². The third-order valence-corrected chi connectivity index (χ3v) is 2.89. The molecule has 0 radical (unpaired) electrons. The van der Waals surface area contributed by atoms with Crippen LogP contribution in [0, 0.1) is 20.8 Å². The van der Waals surface area contributed by atoms with Crippen LogP contribution in [0.3, 0.4) is 0 Å². The van der Waals surface area contributed by atoms with Gasteiger partial charge in [-0.1, -0.05) is 0 Å². The lowest BCUT2D eigenvalue weighted by molar-refractivity contribution is 0.1000. The van der Waals surface area contributed by atoms with E-state index in [1.807, 2.05) is 6.92 Å². The Kier molecular flexibility index (Phi) is 2.11. The van der Waals surface area contributed by atoms with E-state index in [0.29, 0.717) is 11.1 Å². The Morgan fingerprint density at radius 2 is 1.56 bits per heavy atom. The van der Waals surface area contributed by atoms with Crippen molar-refractivity contribution in [2.24, 2.45) is 5.73 Å². The first-order valence-corrected chi connectivity index (χ1v) is 4.76. The molecule has 84 valence electrons. The molecule has 1 aromatic carbocycles. The van der Waals surface area contributed by atoms with Gasteiger partial charge in [0.2, 0.25) is 0 Å². The lowest BCUT2D eigenvalue weighted by atomic mass is 9.97. The zero-order valence-electron chi connectivity index (χ0n) is 9.21. The van der Waals surface area contributed by atoms with Crippen LogP contribution >= 0.6 is 0 Å². The average Bonchev–Trinajstić information content (AvgIpc) is 2.56. The normalized spacial score (nSPS) is 10.9. The van der Waals surface area contributed by atoms with Crippen LogP contribution in [-0.2, 0) is 0 Å². The number of amides is 1. The van der Waals surface area contributed by atoms with Crippen molar-refractivity contribution >= 4 is 17.1 Å². The van der Waals surface area contributed by atoms with Crippen molar-refractivity contribution in [2.75, 3.05) is 0 Å². The largest absolute Gasteiger partial charge is 0.519 e. The summed E-state index contributed by atoms with van der Waals surface area (Å²) in [5, 5.41) is 0. The highest BCUT2D eigenvalue weighted by Gasteiger charge is 2.21. The molecule has 0 aliphatic heterocycles. The molecule has 0 aliphatic carbocycles. The van der Waals surface area contributed by atoms with Gasteiger partial charge in [-0.05, 0) is 37.5 Å². The van der Waals surface area contributed by atoms with Gasteiger partial charge in [-0.15, -0.1) is 0 Å². The van der Waals surface area contributed by atoms with Crippen molar-refractivity contribution in [3.8, 4) is 0 Å². The fourth-order valence-corrected chi connectivity index (χ4v) is 1.80. The van der Waals surface area contributed by atoms with Crippen molar-refractivity contribution in [3.05, 3.63) is 32.9 Å². The Bertz CT molecular complexity index is 648. The molecule has 5 heteroatoms. The summed E-state index contributed by atoms with van der Waals surface area (Å²) in [4.78, 5) is 22.4. The van der Waals surface area contributed by atoms with Crippen molar-refractivity contribution in [1.82, 2.24) is 0 Å². The van der Waals surface area contributed by atoms with Gasteiger partial charge in [0.05, 0.1) is 5.56 Å². The smallest absolute Gasteiger partial charge is 0.390 e. The van der Waals surface area contributed by atoms with E-state index in [1.165, 1.54) is 0 Å². The van der Waals surface area contributed by atoms with Crippen LogP contribution in [0.5, 0.6) is 0 Å². The lowest BCUT2D eigenvalue weighted by Crippen LogP contribution is -2.14. The standard InChI is InChI=1S/C11H11NO4/c1-4-5(2)7(10(12)13)9-8(6(4)3)15-11(14)16-9/h1-3H3,(H2,12,13). The monoisotopic (exact) mass is 221 g/mol. The number of carbonyl (C=O) groups excluding carboxylic acids is 1. The molecule has 1 aromatic heterocycles. The van der Waals surface area contributed by atoms with Crippen LogP contribution in [0.2, 0.25) is 0 Å². The topological polar surface area (TPSA) is 86.4 Å². The lowest BCUT2D eigenvalue weighted by Gasteiger charge is -2.08. The maximum atomic E-state index is 11.3. The molecule has 0 fully saturated rings. The van der Waals surface area contributed by atoms with Crippen molar-refractivity contribution in [3.63, 3.8) is 0 Å². The molecule has 0 bridgehead atoms. The van der Waals surface area contributed by atoms with Crippen molar-refractivity contribution in [2.45, 2.75) is 20.8 Å². The number of nitrogens with two attached hydrogens (primary N) is 1. The second-order valence-electron chi connectivity index (χ2n) is 3.73. The Balaban J connectivity index is 3.09. The molecule has 0 spiro atoms. The first-order chi connectivity index (χ1) is 7.43. The molecule has 1 amide bonds. The summed E-state index contributed by atoms with van der Waals surface area (Å²) in [6, 6.07) is 0. The second-order valence-corrected chi connectivity index (χ2v) is 3.73. The molecule has 5 nitrogen and oxygen atoms in total. The number of primary amides is 1. The Morgan fingerprint density at radius 3 is 2.12 bits per heavy atom. The molecular formula is C11H11NO4. The summed E-state index contributed by atoms with van der Waals surface area (Å²) in [5.41, 5.74) is 8.27. The van der Waals surface area contributed by atoms with E-state index >= 15 is 0 Å². The fourth-order valence-electron chi connectivity index (χ4n) is 1.80. The Labute approximate surface area is 90.8 Å². The van der Waals surface area contributed by atoms with Crippen LogP contribution < -0.4 is 11.6 Å². The fraction of sp³-hybridized carbons (Fsp3) is 0.273. The van der Waals surface area contributed by atoms with Gasteiger partial charge < -0.3 is 14.6 Å². The highest BCUT2D eigenvalue weighted by molar-refractivity contribution is 6.05. The molecule has 0 unspecified atom stereocenters. The van der Waals surface area contributed by atoms with Crippen LogP contribution in [0.25, 0.3) is 11.2 Å². The number of carbonyl (C=O) groups is 1. The molecule has 2 N–H and O–H groups in total. The van der Waals surface area contributed by atoms with Gasteiger partial charge in [0.15, 0.2) is 11.2 Å². The second kappa shape index (κ2) is 3.23. The molecule has 0 aliphatic rings. The van der Waals surface area contributed by atoms with Gasteiger partial charge in [0, 0.05) is 0 Å². The number of hydrogen-bond acceptors (Lipinski definition) is 4. The van der Waals surface area contributed by atoms with E-state index in [1.54, 1.807) is 13.8 Å². The Morgan fingerprint density at radius 1 is 1.00 bits per heavy atom. The summed E-state index contributed by atoms with van der Waals surface area (Å²) in [7, 11) is 0. The van der Waals surface area contributed by atoms with E-state index in [2.05, 4.69) is 0 Å². The number of fused-ring (bicyclic) bond motifs is 1. The van der Waals surface area contributed by atoms with E-state index < -0.39 is 11.7 Å². The Hall–Kier alpha value is -2.04. The average molecular weight is 221 g/mol. The highest BCUT2D eigenvalue weighted by Crippen LogP contribution is 2.28. The van der Waals surface area contributed by atoms with Crippen LogP contribution in [0.1, 0.15) is 27.0 Å². The van der Waals surface area contributed by atoms with Crippen LogP contribution in [0.15, 0.2) is 13.6 Å². The summed E-state index contributed by atoms with van der Waals surface area (Å²) in [6.07, 6.45) is 0. The van der Waals surface area contributed by atoms with Gasteiger partial charge in [-0.25, -0.2) is 4.79 Å². The van der Waals surface area contributed by atoms with Gasteiger partial charge in [-0.2, -0.15) is 0 Å². The summed E-state index contributed by atoms with van der Waals surface area (Å²) in [6.45, 7) is 5.40. The zero-order chi connectivity index (χ0) is 12.0. The minimum atomic E-state index is -0.828. The third kappa shape index (κ3) is 1.25. The van der Waals surface area contributed by atoms with Gasteiger partial charge in [0.25, 0.3) is 5.91 Å². The minimum Gasteiger partial charge on any atom is -0.390 e. The summed E-state index contributed by atoms with van der Waals surface area (Å²) in [5.74, 6) is -1.46. The van der Waals surface area contributed by atoms with E-state index in [9.17, 15) is 9.59 Å². The predicted molar refractivity (Wildman–Crippen MR) is 57.5 cm³/mol. The number of aryl methyl sites for hydroxylation is 1. The summed E-state index contributed by atoms with van der Waals surface area (Å²) < 4.78 is 9.75. The molecule has 2 aromatic rings. The number of rotatable bonds is 1. The SMILES string of the molecule is Cc1c(C)c(C(N)=O)c2oc(=O)oc2c1C. The van der Waals surface area contributed by atoms with Gasteiger partial charge in [0.1, 0.15) is 0 Å². The quantitative estimate of drug-likeness (QED) is 0.788. The molecule has 0 saturated heterocycles. The molecule has 16 heavy (non-hydrogen) atoms. The van der Waals surface area contributed by atoms with E-state index in [0.717, 1.165) is 11.1 Å². The molecule has 0 saturated carbocycles. The number of hydrogen-bond donors (Lipinski definition) is 1. The van der Waals surface area contributed by atoms with E-state index in [-0.39, 0.29) is 11.1 Å². The molecule has 0 atom stereocenters. The predicted octanol–water partition coefficient (Wildman–Crippen LogP) is 1.41. The molecule has 2 rings (SSSR count). The van der Waals surface area contributed by atoms with Gasteiger partial charge in [-0.3, -0.25) is 4.79 Å². The maximum Gasteiger partial charge on any atom is 0.519 e. The zero-order valence-corrected chi connectivity index (χ0v) is 9.21.